The average Bonchev–Trinajstić information content (AvgIpc) is 2.29. The molecule has 0 amide bonds. The summed E-state index contributed by atoms with van der Waals surface area (Å²) in [6, 6.07) is 2.53. The van der Waals surface area contributed by atoms with Gasteiger partial charge in [-0.1, -0.05) is 27.7 Å². The third-order valence-corrected chi connectivity index (χ3v) is 1.31. The number of methoxy groups -OCH3 is 1. The Morgan fingerprint density at radius 2 is 1.53 bits per heavy atom. The van der Waals surface area contributed by atoms with Gasteiger partial charge in [-0.15, -0.1) is 0 Å². The van der Waals surface area contributed by atoms with Crippen LogP contribution >= 0.6 is 0 Å². The summed E-state index contributed by atoms with van der Waals surface area (Å²) < 4.78 is 4.72. The number of hydrogen-bond acceptors (Lipinski definition) is 4. The Labute approximate surface area is 91.3 Å². The Morgan fingerprint density at radius 1 is 1.07 bits per heavy atom. The van der Waals surface area contributed by atoms with Crippen molar-refractivity contribution in [3.05, 3.63) is 12.1 Å². The minimum Gasteiger partial charge on any atom is -0.508 e. The Bertz CT molecular complexity index is 275. The van der Waals surface area contributed by atoms with Gasteiger partial charge in [0, 0.05) is 12.1 Å². The number of nitrogens with two attached hydrogens (primary N) is 1. The van der Waals surface area contributed by atoms with E-state index < -0.39 is 0 Å². The number of benzene rings is 1. The van der Waals surface area contributed by atoms with Crippen LogP contribution in [0.25, 0.3) is 0 Å². The van der Waals surface area contributed by atoms with E-state index >= 15 is 0 Å². The lowest BCUT2D eigenvalue weighted by molar-refractivity contribution is 0.370. The van der Waals surface area contributed by atoms with Crippen molar-refractivity contribution in [1.29, 1.82) is 0 Å². The lowest BCUT2D eigenvalue weighted by Gasteiger charge is -2.05. The maximum atomic E-state index is 9.16. The molecule has 0 radical (unpaired) electrons. The van der Waals surface area contributed by atoms with E-state index in [1.54, 1.807) is 0 Å². The molecule has 15 heavy (non-hydrogen) atoms. The number of phenols is 2. The van der Waals surface area contributed by atoms with Gasteiger partial charge < -0.3 is 20.7 Å². The molecule has 0 aromatic heterocycles. The summed E-state index contributed by atoms with van der Waals surface area (Å²) in [7, 11) is 1.38. The van der Waals surface area contributed by atoms with Crippen LogP contribution in [0.5, 0.6) is 17.2 Å². The van der Waals surface area contributed by atoms with Gasteiger partial charge in [-0.2, -0.15) is 0 Å². The molecule has 88 valence electrons. The SMILES string of the molecule is CC.CC.COc1cc(O)cc(N)c1O. The van der Waals surface area contributed by atoms with Crippen LogP contribution in [-0.2, 0) is 0 Å². The van der Waals surface area contributed by atoms with Crippen molar-refractivity contribution < 1.29 is 14.9 Å². The van der Waals surface area contributed by atoms with E-state index in [2.05, 4.69) is 0 Å². The van der Waals surface area contributed by atoms with Crippen molar-refractivity contribution in [3.63, 3.8) is 0 Å². The van der Waals surface area contributed by atoms with E-state index in [4.69, 9.17) is 20.7 Å². The van der Waals surface area contributed by atoms with Crippen molar-refractivity contribution in [3.8, 4) is 17.2 Å². The molecule has 1 aromatic carbocycles. The number of phenolic OH excluding ortho intramolecular Hbond substituents is 2. The lowest BCUT2D eigenvalue weighted by atomic mass is 10.2. The van der Waals surface area contributed by atoms with Gasteiger partial charge in [0.25, 0.3) is 0 Å². The Morgan fingerprint density at radius 3 is 1.93 bits per heavy atom. The smallest absolute Gasteiger partial charge is 0.181 e. The first-order valence-corrected chi connectivity index (χ1v) is 5.00. The summed E-state index contributed by atoms with van der Waals surface area (Å²) in [5, 5.41) is 18.1. The van der Waals surface area contributed by atoms with Crippen molar-refractivity contribution >= 4 is 5.69 Å². The van der Waals surface area contributed by atoms with Gasteiger partial charge in [0.05, 0.1) is 12.8 Å². The highest BCUT2D eigenvalue weighted by molar-refractivity contribution is 5.62. The molecule has 4 heteroatoms. The summed E-state index contributed by atoms with van der Waals surface area (Å²) in [5.41, 5.74) is 5.41. The molecule has 0 aliphatic rings. The average molecular weight is 215 g/mol. The molecule has 0 spiro atoms. The third-order valence-electron chi connectivity index (χ3n) is 1.31. The second-order valence-electron chi connectivity index (χ2n) is 2.09. The van der Waals surface area contributed by atoms with Gasteiger partial charge in [0.15, 0.2) is 11.5 Å². The molecule has 0 saturated heterocycles. The van der Waals surface area contributed by atoms with Gasteiger partial charge in [-0.05, 0) is 0 Å². The molecule has 0 saturated carbocycles. The fourth-order valence-corrected chi connectivity index (χ4v) is 0.770. The second-order valence-corrected chi connectivity index (χ2v) is 2.09. The fourth-order valence-electron chi connectivity index (χ4n) is 0.770. The first-order chi connectivity index (χ1) is 7.15. The molecule has 0 bridgehead atoms. The summed E-state index contributed by atoms with van der Waals surface area (Å²) in [5.74, 6) is -0.00931. The third kappa shape index (κ3) is 5.00. The number of aromatic hydroxyl groups is 2. The second kappa shape index (κ2) is 8.99. The van der Waals surface area contributed by atoms with E-state index in [0.717, 1.165) is 0 Å². The van der Waals surface area contributed by atoms with Crippen molar-refractivity contribution in [2.45, 2.75) is 27.7 Å². The molecule has 0 aliphatic carbocycles. The van der Waals surface area contributed by atoms with Gasteiger partial charge in [0.2, 0.25) is 0 Å². The zero-order chi connectivity index (χ0) is 12.4. The maximum Gasteiger partial charge on any atom is 0.181 e. The van der Waals surface area contributed by atoms with Crippen molar-refractivity contribution in [1.82, 2.24) is 0 Å². The van der Waals surface area contributed by atoms with Crippen LogP contribution in [0.4, 0.5) is 5.69 Å². The molecule has 4 nitrogen and oxygen atoms in total. The largest absolute Gasteiger partial charge is 0.508 e. The number of anilines is 1. The van der Waals surface area contributed by atoms with Gasteiger partial charge in [-0.25, -0.2) is 0 Å². The highest BCUT2D eigenvalue weighted by Crippen LogP contribution is 2.35. The van der Waals surface area contributed by atoms with Crippen LogP contribution in [0, 0.1) is 0 Å². The molecule has 1 aromatic rings. The quantitative estimate of drug-likeness (QED) is 0.382. The molecule has 0 aliphatic heterocycles. The minimum absolute atomic E-state index is 0.0304. The molecule has 1 rings (SSSR count). The van der Waals surface area contributed by atoms with Gasteiger partial charge >= 0.3 is 0 Å². The maximum absolute atomic E-state index is 9.16. The van der Waals surface area contributed by atoms with Crippen molar-refractivity contribution in [2.24, 2.45) is 0 Å². The molecule has 4 N–H and O–H groups in total. The monoisotopic (exact) mass is 215 g/mol. The highest BCUT2D eigenvalue weighted by Gasteiger charge is 2.06. The van der Waals surface area contributed by atoms with Crippen LogP contribution in [-0.4, -0.2) is 17.3 Å². The summed E-state index contributed by atoms with van der Waals surface area (Å²) in [4.78, 5) is 0. The van der Waals surface area contributed by atoms with Crippen LogP contribution < -0.4 is 10.5 Å². The predicted octanol–water partition coefficient (Wildman–Crippen LogP) is 2.74. The topological polar surface area (TPSA) is 75.7 Å². The summed E-state index contributed by atoms with van der Waals surface area (Å²) in [6.45, 7) is 8.00. The van der Waals surface area contributed by atoms with E-state index in [0.29, 0.717) is 0 Å². The molecule has 0 unspecified atom stereocenters. The molecular formula is C11H21NO3. The van der Waals surface area contributed by atoms with Crippen LogP contribution in [0.2, 0.25) is 0 Å². The van der Waals surface area contributed by atoms with Crippen LogP contribution in [0.15, 0.2) is 12.1 Å². The minimum atomic E-state index is -0.148. The standard InChI is InChI=1S/C7H9NO3.2C2H6/c1-11-6-3-4(9)2-5(8)7(6)10;2*1-2/h2-3,9-10H,8H2,1H3;2*1-2H3. The van der Waals surface area contributed by atoms with Crippen LogP contribution in [0.3, 0.4) is 0 Å². The Balaban J connectivity index is 0. The first-order valence-electron chi connectivity index (χ1n) is 5.00. The Hall–Kier alpha value is -1.58. The van der Waals surface area contributed by atoms with E-state index in [-0.39, 0.29) is 22.9 Å². The van der Waals surface area contributed by atoms with Gasteiger partial charge in [0.1, 0.15) is 5.75 Å². The van der Waals surface area contributed by atoms with E-state index in [1.165, 1.54) is 19.2 Å². The lowest BCUT2D eigenvalue weighted by Crippen LogP contribution is -1.89. The first kappa shape index (κ1) is 15.9. The predicted molar refractivity (Wildman–Crippen MR) is 63.4 cm³/mol. The number of rotatable bonds is 1. The number of ether oxygens (including phenoxy) is 1. The number of hydrogen-bond donors (Lipinski definition) is 3. The van der Waals surface area contributed by atoms with E-state index in [9.17, 15) is 0 Å². The summed E-state index contributed by atoms with van der Waals surface area (Å²) in [6.07, 6.45) is 0. The zero-order valence-corrected chi connectivity index (χ0v) is 10.0. The van der Waals surface area contributed by atoms with Gasteiger partial charge in [-0.3, -0.25) is 0 Å². The summed E-state index contributed by atoms with van der Waals surface area (Å²) >= 11 is 0. The van der Waals surface area contributed by atoms with Crippen molar-refractivity contribution in [2.75, 3.05) is 12.8 Å². The molecular weight excluding hydrogens is 194 g/mol. The molecule has 0 atom stereocenters. The highest BCUT2D eigenvalue weighted by atomic mass is 16.5. The van der Waals surface area contributed by atoms with E-state index in [1.807, 2.05) is 27.7 Å². The fraction of sp³-hybridized carbons (Fsp3) is 0.455. The number of nitrogen functional groups attached to an aromatic ring is 1. The molecule has 0 fully saturated rings. The zero-order valence-electron chi connectivity index (χ0n) is 10.0. The Kier molecular flexibility index (Phi) is 9.52. The molecule has 0 heterocycles. The normalized spacial score (nSPS) is 7.80. The van der Waals surface area contributed by atoms with Crippen LogP contribution in [0.1, 0.15) is 27.7 Å².